The maximum atomic E-state index is 13.5. The van der Waals surface area contributed by atoms with Gasteiger partial charge in [-0.05, 0) is 31.5 Å². The molecule has 0 amide bonds. The van der Waals surface area contributed by atoms with E-state index in [2.05, 4.69) is 4.90 Å². The first-order valence-electron chi connectivity index (χ1n) is 14.9. The van der Waals surface area contributed by atoms with E-state index >= 15 is 0 Å². The number of benzene rings is 1. The molecule has 7 rings (SSSR count). The van der Waals surface area contributed by atoms with Crippen molar-refractivity contribution < 1.29 is 48.9 Å². The summed E-state index contributed by atoms with van der Waals surface area (Å²) < 4.78 is 30.3. The number of nitrogens with zero attached hydrogens (tertiary/aromatic N) is 1. The van der Waals surface area contributed by atoms with Crippen molar-refractivity contribution in [1.29, 1.82) is 0 Å². The summed E-state index contributed by atoms with van der Waals surface area (Å²) in [6.07, 6.45) is -5.28. The second kappa shape index (κ2) is 9.42. The summed E-state index contributed by atoms with van der Waals surface area (Å²) in [5, 5.41) is 49.4. The molecule has 5 saturated carbocycles. The van der Waals surface area contributed by atoms with Gasteiger partial charge in [0.05, 0.1) is 30.5 Å². The minimum absolute atomic E-state index is 0.102. The number of fused-ring (bicyclic) bond motifs is 2. The normalized spacial score (nSPS) is 53.7. The van der Waals surface area contributed by atoms with Crippen molar-refractivity contribution in [2.24, 2.45) is 34.5 Å². The number of likely N-dealkylation sites (tertiary alicyclic amines) is 1. The van der Waals surface area contributed by atoms with Gasteiger partial charge >= 0.3 is 5.97 Å². The van der Waals surface area contributed by atoms with Gasteiger partial charge in [0, 0.05) is 76.0 Å². The minimum atomic E-state index is -1.86. The number of rotatable bonds is 7. The first-order chi connectivity index (χ1) is 20.0. The van der Waals surface area contributed by atoms with Crippen molar-refractivity contribution >= 4 is 5.97 Å². The van der Waals surface area contributed by atoms with E-state index in [9.17, 15) is 25.2 Å². The van der Waals surface area contributed by atoms with Crippen LogP contribution in [0.25, 0.3) is 0 Å². The summed E-state index contributed by atoms with van der Waals surface area (Å²) in [5.74, 6) is -2.96. The standard InChI is InChI=1S/C31H43NO10/c1-32-13-28(14-38-2)17(33)11-18(39-3)30-16-12-29(36)25(42-27(35)15-9-7-6-8-10-15)19(16)31(37,24(34)26(29)41-5)20(23(30)32)21(40-4)22(28)30/h6-10,16-26,33-34,36-37H,11-14H2,1-5H3/t16-,17-,18+,19-,20-,21+,22-,23?,24+,25-,26+,28+,29-,30+,31-/m1/s1. The molecule has 1 aromatic rings. The number of hydrogen-bond acceptors (Lipinski definition) is 11. The smallest absolute Gasteiger partial charge is 0.338 e. The van der Waals surface area contributed by atoms with Gasteiger partial charge in [-0.15, -0.1) is 0 Å². The zero-order chi connectivity index (χ0) is 30.0. The van der Waals surface area contributed by atoms with Crippen molar-refractivity contribution in [1.82, 2.24) is 4.90 Å². The molecule has 232 valence electrons. The molecule has 0 aromatic heterocycles. The maximum absolute atomic E-state index is 13.5. The fourth-order valence-electron chi connectivity index (χ4n) is 11.8. The number of aliphatic hydroxyl groups is 4. The number of aliphatic hydroxyl groups excluding tert-OH is 2. The molecule has 6 aliphatic rings. The molecule has 5 aliphatic carbocycles. The van der Waals surface area contributed by atoms with Crippen molar-refractivity contribution in [3.8, 4) is 0 Å². The monoisotopic (exact) mass is 589 g/mol. The number of carbonyl (C=O) groups excluding carboxylic acids is 1. The van der Waals surface area contributed by atoms with Crippen LogP contribution >= 0.6 is 0 Å². The summed E-state index contributed by atoms with van der Waals surface area (Å²) >= 11 is 0. The predicted octanol–water partition coefficient (Wildman–Crippen LogP) is -0.313. The van der Waals surface area contributed by atoms with Crippen LogP contribution in [0.2, 0.25) is 0 Å². The second-order valence-corrected chi connectivity index (χ2v) is 13.7. The molecule has 15 atom stereocenters. The van der Waals surface area contributed by atoms with E-state index in [1.165, 1.54) is 7.11 Å². The molecule has 4 N–H and O–H groups in total. The molecule has 1 unspecified atom stereocenters. The van der Waals surface area contributed by atoms with Crippen LogP contribution in [-0.4, -0.2) is 134 Å². The molecule has 6 fully saturated rings. The van der Waals surface area contributed by atoms with E-state index in [0.717, 1.165) is 0 Å². The molecule has 11 heteroatoms. The Morgan fingerprint density at radius 3 is 2.33 bits per heavy atom. The molecular weight excluding hydrogens is 546 g/mol. The molecule has 1 spiro atoms. The lowest BCUT2D eigenvalue weighted by atomic mass is 9.42. The first kappa shape index (κ1) is 29.1. The molecular formula is C31H43NO10. The Balaban J connectivity index is 1.47. The van der Waals surface area contributed by atoms with Gasteiger partial charge in [-0.2, -0.15) is 0 Å². The maximum Gasteiger partial charge on any atom is 0.338 e. The average Bonchev–Trinajstić information content (AvgIpc) is 3.37. The van der Waals surface area contributed by atoms with E-state index in [-0.39, 0.29) is 25.0 Å². The Bertz CT molecular complexity index is 1240. The Morgan fingerprint density at radius 2 is 1.71 bits per heavy atom. The lowest BCUT2D eigenvalue weighted by molar-refractivity contribution is -0.318. The van der Waals surface area contributed by atoms with Gasteiger partial charge in [-0.3, -0.25) is 0 Å². The molecule has 1 aromatic carbocycles. The van der Waals surface area contributed by atoms with Gasteiger partial charge in [0.15, 0.2) is 0 Å². The van der Waals surface area contributed by atoms with Gasteiger partial charge in [0.25, 0.3) is 0 Å². The highest BCUT2D eigenvalue weighted by atomic mass is 16.6. The molecule has 0 radical (unpaired) electrons. The van der Waals surface area contributed by atoms with Crippen molar-refractivity contribution in [3.63, 3.8) is 0 Å². The third-order valence-corrected chi connectivity index (χ3v) is 12.6. The molecule has 1 heterocycles. The summed E-state index contributed by atoms with van der Waals surface area (Å²) in [5.41, 5.74) is -4.81. The lowest BCUT2D eigenvalue weighted by Gasteiger charge is -2.69. The fraction of sp³-hybridized carbons (Fsp3) is 0.774. The molecule has 1 saturated heterocycles. The SMILES string of the molecule is COC[C@]12CN(C)C3[C@H]4[C@H](OC)[C@H]1[C@@]3([C@@H](OC)C[C@H]2O)[C@@H]1C[C@@]2(O)[C@H](OC(=O)c3ccccc3)[C@@H]1[C@]4(O)[C@@H](O)[C@@H]2OC. The van der Waals surface area contributed by atoms with E-state index in [0.29, 0.717) is 18.5 Å². The number of esters is 1. The first-order valence-corrected chi connectivity index (χ1v) is 14.9. The van der Waals surface area contributed by atoms with Crippen LogP contribution in [0, 0.1) is 34.5 Å². The van der Waals surface area contributed by atoms with Crippen LogP contribution in [0.15, 0.2) is 30.3 Å². The van der Waals surface area contributed by atoms with Crippen molar-refractivity contribution in [3.05, 3.63) is 35.9 Å². The highest BCUT2D eigenvalue weighted by molar-refractivity contribution is 5.89. The largest absolute Gasteiger partial charge is 0.455 e. The molecule has 1 aliphatic heterocycles. The van der Waals surface area contributed by atoms with Gasteiger partial charge in [-0.1, -0.05) is 18.2 Å². The van der Waals surface area contributed by atoms with Gasteiger partial charge in [0.1, 0.15) is 29.5 Å². The third kappa shape index (κ3) is 3.05. The van der Waals surface area contributed by atoms with Gasteiger partial charge < -0.3 is 49.0 Å². The Labute approximate surface area is 245 Å². The lowest BCUT2D eigenvalue weighted by Crippen LogP contribution is -2.80. The van der Waals surface area contributed by atoms with E-state index < -0.39 is 82.4 Å². The van der Waals surface area contributed by atoms with Crippen molar-refractivity contribution in [2.75, 3.05) is 48.6 Å². The predicted molar refractivity (Wildman–Crippen MR) is 146 cm³/mol. The summed E-state index contributed by atoms with van der Waals surface area (Å²) in [7, 11) is 8.22. The zero-order valence-corrected chi connectivity index (χ0v) is 24.8. The summed E-state index contributed by atoms with van der Waals surface area (Å²) in [6, 6.07) is 8.22. The summed E-state index contributed by atoms with van der Waals surface area (Å²) in [4.78, 5) is 15.7. The van der Waals surface area contributed by atoms with Crippen LogP contribution in [0.4, 0.5) is 0 Å². The fourth-order valence-corrected chi connectivity index (χ4v) is 11.8. The number of ether oxygens (including phenoxy) is 5. The Kier molecular flexibility index (Phi) is 6.52. The Morgan fingerprint density at radius 1 is 1.00 bits per heavy atom. The number of hydrogen-bond donors (Lipinski definition) is 4. The highest BCUT2D eigenvalue weighted by Crippen LogP contribution is 2.80. The van der Waals surface area contributed by atoms with Crippen LogP contribution in [0.3, 0.4) is 0 Å². The van der Waals surface area contributed by atoms with Gasteiger partial charge in [0.2, 0.25) is 0 Å². The molecule has 7 bridgehead atoms. The Hall–Kier alpha value is -1.67. The van der Waals surface area contributed by atoms with Crippen LogP contribution < -0.4 is 0 Å². The minimum Gasteiger partial charge on any atom is -0.455 e. The van der Waals surface area contributed by atoms with E-state index in [4.69, 9.17) is 23.7 Å². The number of piperidine rings is 1. The number of methoxy groups -OCH3 is 4. The van der Waals surface area contributed by atoms with E-state index in [1.807, 2.05) is 7.05 Å². The zero-order valence-electron chi connectivity index (χ0n) is 24.8. The van der Waals surface area contributed by atoms with Crippen LogP contribution in [-0.2, 0) is 23.7 Å². The number of carbonyl (C=O) groups is 1. The van der Waals surface area contributed by atoms with Crippen LogP contribution in [0.1, 0.15) is 23.2 Å². The molecule has 42 heavy (non-hydrogen) atoms. The highest BCUT2D eigenvalue weighted by Gasteiger charge is 2.91. The second-order valence-electron chi connectivity index (χ2n) is 13.7. The molecule has 11 nitrogen and oxygen atoms in total. The third-order valence-electron chi connectivity index (χ3n) is 12.6. The summed E-state index contributed by atoms with van der Waals surface area (Å²) in [6.45, 7) is 0.760. The average molecular weight is 590 g/mol. The van der Waals surface area contributed by atoms with Gasteiger partial charge in [-0.25, -0.2) is 4.79 Å². The quantitative estimate of drug-likeness (QED) is 0.311. The van der Waals surface area contributed by atoms with Crippen LogP contribution in [0.5, 0.6) is 0 Å². The van der Waals surface area contributed by atoms with Crippen molar-refractivity contribution in [2.45, 2.75) is 66.7 Å². The topological polar surface area (TPSA) is 147 Å². The van der Waals surface area contributed by atoms with E-state index in [1.54, 1.807) is 51.7 Å².